The molecule has 0 aliphatic carbocycles. The first kappa shape index (κ1) is 46.6. The number of thioether (sulfide) groups is 1. The van der Waals surface area contributed by atoms with Crippen molar-refractivity contribution in [1.82, 2.24) is 0 Å². The van der Waals surface area contributed by atoms with Gasteiger partial charge in [-0.15, -0.1) is 0 Å². The number of unbranched alkanes of at least 4 members (excludes halogenated alkanes) is 1. The molecular weight excluding hydrogens is 716 g/mol. The number of ether oxygens (including phenoxy) is 1. The zero-order chi connectivity index (χ0) is 28.1. The average Bonchev–Trinajstić information content (AvgIpc) is 2.83. The quantitative estimate of drug-likeness (QED) is 0.102. The minimum atomic E-state index is -6.16. The molecule has 0 amide bonds. The second-order valence-corrected chi connectivity index (χ2v) is 13.3. The van der Waals surface area contributed by atoms with Crippen LogP contribution in [0, 0.1) is 0 Å². The molecule has 0 bridgehead atoms. The molecule has 0 atom stereocenters. The maximum absolute atomic E-state index is 13.9. The Labute approximate surface area is 345 Å². The third kappa shape index (κ3) is 13.2. The van der Waals surface area contributed by atoms with Gasteiger partial charge in [-0.3, -0.25) is 0 Å². The average molecular weight is 739 g/mol. The second-order valence-electron chi connectivity index (χ2n) is 8.42. The van der Waals surface area contributed by atoms with Crippen LogP contribution >= 0.6 is 42.9 Å². The van der Waals surface area contributed by atoms with Crippen LogP contribution in [0.5, 0.6) is 5.75 Å². The first-order valence-electron chi connectivity index (χ1n) is 11.4. The largest absolute Gasteiger partial charge is 1.00 e. The summed E-state index contributed by atoms with van der Waals surface area (Å²) < 4.78 is 55.8. The van der Waals surface area contributed by atoms with E-state index in [0.29, 0.717) is 34.8 Å². The number of hydrogen-bond donors (Lipinski definition) is 0. The summed E-state index contributed by atoms with van der Waals surface area (Å²) in [6.07, 6.45) is 1.59. The van der Waals surface area contributed by atoms with Crippen LogP contribution < -0.4 is 148 Å². The van der Waals surface area contributed by atoms with Gasteiger partial charge in [0.1, 0.15) is 5.75 Å². The molecule has 0 aromatic heterocycles. The van der Waals surface area contributed by atoms with Crippen molar-refractivity contribution in [3.05, 3.63) is 81.8 Å². The zero-order valence-corrected chi connectivity index (χ0v) is 36.3. The third-order valence-electron chi connectivity index (χ3n) is 5.54. The third-order valence-corrected chi connectivity index (χ3v) is 9.14. The van der Waals surface area contributed by atoms with Gasteiger partial charge in [0.15, 0.2) is 0 Å². The number of hydrogen-bond acceptors (Lipinski definition) is 8. The van der Waals surface area contributed by atoms with Crippen LogP contribution in [0.2, 0.25) is 0 Å². The molecule has 206 valence electrons. The Balaban J connectivity index is 0. The SMILES string of the molecule is CCCCOc1ccc(-c2ccc(CSCc3ccc(C(F)(F)P(=O)([O-])[O-])c(Br)c3)cc2)cc1P(=O)([O-])[O-].[Na+].[Na+].[Na+].[Na+]. The Morgan fingerprint density at radius 1 is 0.833 bits per heavy atom. The monoisotopic (exact) mass is 738 g/mol. The predicted molar refractivity (Wildman–Crippen MR) is 140 cm³/mol. The van der Waals surface area contributed by atoms with E-state index in [9.17, 15) is 37.5 Å². The number of alkyl halides is 2. The van der Waals surface area contributed by atoms with Crippen LogP contribution in [-0.2, 0) is 26.3 Å². The minimum absolute atomic E-state index is 0. The van der Waals surface area contributed by atoms with Gasteiger partial charge in [-0.1, -0.05) is 71.7 Å². The Hall–Kier alpha value is 2.45. The van der Waals surface area contributed by atoms with E-state index in [-0.39, 0.29) is 134 Å². The van der Waals surface area contributed by atoms with Crippen molar-refractivity contribution in [2.75, 3.05) is 6.61 Å². The molecule has 7 nitrogen and oxygen atoms in total. The normalized spacial score (nSPS) is 11.3. The molecule has 0 spiro atoms. The topological polar surface area (TPSA) is 136 Å². The van der Waals surface area contributed by atoms with Crippen LogP contribution in [0.1, 0.15) is 36.5 Å². The molecule has 3 aromatic rings. The van der Waals surface area contributed by atoms with Crippen molar-refractivity contribution in [2.24, 2.45) is 0 Å². The standard InChI is InChI=1S/C25H27BrF2O7P2S.4Na/c1-2-3-12-35-23-11-9-20(14-24(23)36(29,30)31)19-7-4-17(5-8-19)15-38-16-18-6-10-21(22(26)13-18)25(27,28)37(32,33)34;;;;/h4-11,13-14H,2-3,12,15-16H2,1H3,(H2,29,30,31)(H2,32,33,34);;;;/q;4*+1/p-4. The second kappa shape index (κ2) is 20.7. The van der Waals surface area contributed by atoms with Crippen LogP contribution in [0.3, 0.4) is 0 Å². The molecule has 42 heavy (non-hydrogen) atoms. The number of halogens is 3. The van der Waals surface area contributed by atoms with Crippen molar-refractivity contribution < 1.29 is 160 Å². The molecule has 3 aromatic carbocycles. The Morgan fingerprint density at radius 2 is 1.38 bits per heavy atom. The van der Waals surface area contributed by atoms with E-state index in [2.05, 4.69) is 15.9 Å². The van der Waals surface area contributed by atoms with Crippen molar-refractivity contribution >= 4 is 48.2 Å². The van der Waals surface area contributed by atoms with E-state index in [0.717, 1.165) is 24.5 Å². The van der Waals surface area contributed by atoms with E-state index in [1.165, 1.54) is 36.0 Å². The van der Waals surface area contributed by atoms with Gasteiger partial charge in [0.2, 0.25) is 0 Å². The molecule has 0 saturated heterocycles. The summed E-state index contributed by atoms with van der Waals surface area (Å²) in [4.78, 5) is 45.4. The molecular formula is C25H23BrF2Na4O7P2S. The fraction of sp³-hybridized carbons (Fsp3) is 0.280. The zero-order valence-electron chi connectivity index (χ0n) is 24.1. The molecule has 0 unspecified atom stereocenters. The molecule has 0 fully saturated rings. The first-order valence-corrected chi connectivity index (χ1v) is 16.4. The summed E-state index contributed by atoms with van der Waals surface area (Å²) in [6, 6.07) is 15.4. The smallest absolute Gasteiger partial charge is 0.807 e. The molecule has 17 heteroatoms. The molecule has 0 radical (unpaired) electrons. The van der Waals surface area contributed by atoms with Crippen LogP contribution in [0.25, 0.3) is 11.1 Å². The molecule has 0 saturated carbocycles. The molecule has 0 aliphatic rings. The minimum Gasteiger partial charge on any atom is -0.807 e. The van der Waals surface area contributed by atoms with Crippen molar-refractivity contribution in [2.45, 2.75) is 36.9 Å². The van der Waals surface area contributed by atoms with Crippen molar-refractivity contribution in [3.63, 3.8) is 0 Å². The Kier molecular flexibility index (Phi) is 23.0. The summed E-state index contributed by atoms with van der Waals surface area (Å²) in [5.41, 5.74) is -2.56. The molecule has 0 heterocycles. The number of benzene rings is 3. The maximum atomic E-state index is 13.9. The van der Waals surface area contributed by atoms with E-state index >= 15 is 0 Å². The summed E-state index contributed by atoms with van der Waals surface area (Å²) in [7, 11) is -11.2. The van der Waals surface area contributed by atoms with Crippen LogP contribution in [0.15, 0.2) is 65.1 Å². The van der Waals surface area contributed by atoms with Gasteiger partial charge in [-0.2, -0.15) is 20.5 Å². The van der Waals surface area contributed by atoms with Gasteiger partial charge in [-0.25, -0.2) is 0 Å². The Bertz CT molecular complexity index is 1380. The summed E-state index contributed by atoms with van der Waals surface area (Å²) in [6.45, 7) is 2.28. The van der Waals surface area contributed by atoms with Gasteiger partial charge in [0, 0.05) is 34.4 Å². The fourth-order valence-electron chi connectivity index (χ4n) is 3.48. The van der Waals surface area contributed by atoms with Gasteiger partial charge in [-0.05, 0) is 54.5 Å². The first-order chi connectivity index (χ1) is 17.7. The maximum Gasteiger partial charge on any atom is 1.00 e. The fourth-order valence-corrected chi connectivity index (χ4v) is 6.45. The van der Waals surface area contributed by atoms with Crippen LogP contribution in [-0.4, -0.2) is 6.61 Å². The molecule has 0 aliphatic heterocycles. The van der Waals surface area contributed by atoms with Gasteiger partial charge >= 0.3 is 118 Å². The summed E-state index contributed by atoms with van der Waals surface area (Å²) in [5.74, 6) is 1.05. The Morgan fingerprint density at radius 3 is 1.90 bits per heavy atom. The van der Waals surface area contributed by atoms with Crippen molar-refractivity contribution in [3.8, 4) is 16.9 Å². The summed E-state index contributed by atoms with van der Waals surface area (Å²) in [5, 5.41) is -0.381. The van der Waals surface area contributed by atoms with Gasteiger partial charge < -0.3 is 33.4 Å². The molecule has 0 N–H and O–H groups in total. The van der Waals surface area contributed by atoms with E-state index in [1.54, 1.807) is 18.2 Å². The number of rotatable bonds is 12. The van der Waals surface area contributed by atoms with E-state index in [1.807, 2.05) is 19.1 Å². The van der Waals surface area contributed by atoms with Crippen molar-refractivity contribution in [1.29, 1.82) is 0 Å². The van der Waals surface area contributed by atoms with Gasteiger partial charge in [0.25, 0.3) is 5.66 Å². The summed E-state index contributed by atoms with van der Waals surface area (Å²) >= 11 is 4.41. The van der Waals surface area contributed by atoms with Crippen LogP contribution in [0.4, 0.5) is 8.78 Å². The van der Waals surface area contributed by atoms with E-state index < -0.39 is 26.4 Å². The van der Waals surface area contributed by atoms with E-state index in [4.69, 9.17) is 4.74 Å². The predicted octanol–water partition coefficient (Wildman–Crippen LogP) is -7.75. The van der Waals surface area contributed by atoms with Gasteiger partial charge in [0.05, 0.1) is 6.61 Å². The molecule has 3 rings (SSSR count).